The maximum atomic E-state index is 8.82. The fourth-order valence-electron chi connectivity index (χ4n) is 1.80. The molecule has 0 saturated heterocycles. The highest BCUT2D eigenvalue weighted by Gasteiger charge is 2.13. The zero-order valence-electron chi connectivity index (χ0n) is 9.93. The summed E-state index contributed by atoms with van der Waals surface area (Å²) in [6.45, 7) is 6.51. The topological polar surface area (TPSA) is 20.2 Å². The SMILES string of the molecule is [CH2]CC(CC(C)c1ccccc1)SCCO. The van der Waals surface area contributed by atoms with Gasteiger partial charge in [-0.05, 0) is 24.3 Å². The van der Waals surface area contributed by atoms with Crippen molar-refractivity contribution in [1.82, 2.24) is 0 Å². The first kappa shape index (κ1) is 13.6. The van der Waals surface area contributed by atoms with E-state index < -0.39 is 0 Å². The van der Waals surface area contributed by atoms with Gasteiger partial charge in [-0.25, -0.2) is 0 Å². The predicted molar refractivity (Wildman–Crippen MR) is 72.8 cm³/mol. The van der Waals surface area contributed by atoms with Crippen LogP contribution in [0.1, 0.15) is 31.2 Å². The van der Waals surface area contributed by atoms with Gasteiger partial charge >= 0.3 is 0 Å². The molecule has 0 aromatic heterocycles. The van der Waals surface area contributed by atoms with Gasteiger partial charge in [0.1, 0.15) is 0 Å². The fraction of sp³-hybridized carbons (Fsp3) is 0.500. The van der Waals surface area contributed by atoms with Crippen LogP contribution in [0.5, 0.6) is 0 Å². The molecule has 0 aliphatic heterocycles. The molecule has 0 heterocycles. The minimum Gasteiger partial charge on any atom is -0.396 e. The molecule has 0 bridgehead atoms. The molecule has 16 heavy (non-hydrogen) atoms. The van der Waals surface area contributed by atoms with E-state index in [9.17, 15) is 0 Å². The Bertz CT molecular complexity index is 273. The van der Waals surface area contributed by atoms with Crippen LogP contribution in [0.3, 0.4) is 0 Å². The van der Waals surface area contributed by atoms with E-state index in [4.69, 9.17) is 5.11 Å². The fourth-order valence-corrected chi connectivity index (χ4v) is 2.83. The van der Waals surface area contributed by atoms with Crippen molar-refractivity contribution in [2.24, 2.45) is 0 Å². The third kappa shape index (κ3) is 4.58. The zero-order valence-corrected chi connectivity index (χ0v) is 10.7. The van der Waals surface area contributed by atoms with Gasteiger partial charge in [0, 0.05) is 11.0 Å². The van der Waals surface area contributed by atoms with Crippen LogP contribution in [-0.4, -0.2) is 22.7 Å². The molecule has 1 aromatic rings. The minimum absolute atomic E-state index is 0.265. The number of aliphatic hydroxyl groups is 1. The lowest BCUT2D eigenvalue weighted by atomic mass is 9.95. The number of hydrogen-bond donors (Lipinski definition) is 1. The molecule has 0 amide bonds. The van der Waals surface area contributed by atoms with Crippen molar-refractivity contribution >= 4 is 11.8 Å². The first-order chi connectivity index (χ1) is 7.77. The highest BCUT2D eigenvalue weighted by atomic mass is 32.2. The van der Waals surface area contributed by atoms with Crippen LogP contribution < -0.4 is 0 Å². The van der Waals surface area contributed by atoms with Crippen molar-refractivity contribution in [1.29, 1.82) is 0 Å². The van der Waals surface area contributed by atoms with Crippen molar-refractivity contribution in [3.05, 3.63) is 42.8 Å². The molecule has 2 heteroatoms. The van der Waals surface area contributed by atoms with Gasteiger partial charge in [0.2, 0.25) is 0 Å². The smallest absolute Gasteiger partial charge is 0.0521 e. The Balaban J connectivity index is 2.45. The summed E-state index contributed by atoms with van der Waals surface area (Å²) in [5.41, 5.74) is 1.39. The highest BCUT2D eigenvalue weighted by molar-refractivity contribution is 7.99. The van der Waals surface area contributed by atoms with Crippen LogP contribution in [-0.2, 0) is 0 Å². The van der Waals surface area contributed by atoms with E-state index >= 15 is 0 Å². The number of thioether (sulfide) groups is 1. The molecule has 1 N–H and O–H groups in total. The second-order valence-corrected chi connectivity index (χ2v) is 5.46. The quantitative estimate of drug-likeness (QED) is 0.783. The largest absolute Gasteiger partial charge is 0.396 e. The lowest BCUT2D eigenvalue weighted by Crippen LogP contribution is -2.08. The first-order valence-corrected chi connectivity index (χ1v) is 6.89. The van der Waals surface area contributed by atoms with Crippen LogP contribution in [0.4, 0.5) is 0 Å². The molecular formula is C14H21OS. The van der Waals surface area contributed by atoms with Crippen molar-refractivity contribution in [2.75, 3.05) is 12.4 Å². The van der Waals surface area contributed by atoms with E-state index in [-0.39, 0.29) is 6.61 Å². The Hall–Kier alpha value is -0.470. The number of aliphatic hydroxyl groups excluding tert-OH is 1. The molecule has 1 rings (SSSR count). The monoisotopic (exact) mass is 237 g/mol. The first-order valence-electron chi connectivity index (χ1n) is 5.84. The summed E-state index contributed by atoms with van der Waals surface area (Å²) >= 11 is 1.83. The molecule has 2 atom stereocenters. The van der Waals surface area contributed by atoms with E-state index in [0.717, 1.165) is 18.6 Å². The average Bonchev–Trinajstić information content (AvgIpc) is 2.35. The Labute approximate surface area is 103 Å². The van der Waals surface area contributed by atoms with E-state index in [1.54, 1.807) is 0 Å². The van der Waals surface area contributed by atoms with Gasteiger partial charge in [-0.15, -0.1) is 0 Å². The van der Waals surface area contributed by atoms with Crippen molar-refractivity contribution < 1.29 is 5.11 Å². The zero-order chi connectivity index (χ0) is 11.8. The lowest BCUT2D eigenvalue weighted by molar-refractivity contribution is 0.322. The third-order valence-corrected chi connectivity index (χ3v) is 4.07. The molecule has 89 valence electrons. The van der Waals surface area contributed by atoms with Gasteiger partial charge in [-0.3, -0.25) is 0 Å². The Kier molecular flexibility index (Phi) is 6.58. The van der Waals surface area contributed by atoms with E-state index in [2.05, 4.69) is 44.2 Å². The Morgan fingerprint density at radius 2 is 2.00 bits per heavy atom. The molecule has 0 spiro atoms. The lowest BCUT2D eigenvalue weighted by Gasteiger charge is -2.19. The normalized spacial score (nSPS) is 14.7. The second-order valence-electron chi connectivity index (χ2n) is 4.05. The van der Waals surface area contributed by atoms with Gasteiger partial charge in [0.25, 0.3) is 0 Å². The van der Waals surface area contributed by atoms with Crippen LogP contribution in [0, 0.1) is 6.92 Å². The molecule has 0 fully saturated rings. The van der Waals surface area contributed by atoms with Crippen LogP contribution in [0.25, 0.3) is 0 Å². The van der Waals surface area contributed by atoms with Crippen LogP contribution in [0.2, 0.25) is 0 Å². The summed E-state index contributed by atoms with van der Waals surface area (Å²) in [4.78, 5) is 0. The van der Waals surface area contributed by atoms with Crippen molar-refractivity contribution in [3.63, 3.8) is 0 Å². The van der Waals surface area contributed by atoms with Crippen molar-refractivity contribution in [3.8, 4) is 0 Å². The molecule has 1 radical (unpaired) electrons. The van der Waals surface area contributed by atoms with E-state index in [0.29, 0.717) is 11.2 Å². The van der Waals surface area contributed by atoms with E-state index in [1.165, 1.54) is 5.56 Å². The summed E-state index contributed by atoms with van der Waals surface area (Å²) < 4.78 is 0. The predicted octanol–water partition coefficient (Wildman–Crippen LogP) is 3.50. The maximum absolute atomic E-state index is 8.82. The summed E-state index contributed by atoms with van der Waals surface area (Å²) in [6, 6.07) is 10.6. The van der Waals surface area contributed by atoms with Gasteiger partial charge in [0.05, 0.1) is 6.61 Å². The van der Waals surface area contributed by atoms with Gasteiger partial charge < -0.3 is 5.11 Å². The van der Waals surface area contributed by atoms with E-state index in [1.807, 2.05) is 11.8 Å². The Morgan fingerprint density at radius 1 is 1.31 bits per heavy atom. The van der Waals surface area contributed by atoms with Gasteiger partial charge in [-0.1, -0.05) is 44.2 Å². The van der Waals surface area contributed by atoms with Gasteiger partial charge in [0.15, 0.2) is 0 Å². The standard InChI is InChI=1S/C14H21OS/c1-3-14(16-10-9-15)11-12(2)13-7-5-4-6-8-13/h4-8,12,14-15H,1,3,9-11H2,2H3. The summed E-state index contributed by atoms with van der Waals surface area (Å²) in [5.74, 6) is 1.39. The molecule has 2 unspecified atom stereocenters. The summed E-state index contributed by atoms with van der Waals surface area (Å²) in [5, 5.41) is 9.38. The van der Waals surface area contributed by atoms with Gasteiger partial charge in [-0.2, -0.15) is 11.8 Å². The summed E-state index contributed by atoms with van der Waals surface area (Å²) in [7, 11) is 0. The Morgan fingerprint density at radius 3 is 2.56 bits per heavy atom. The maximum Gasteiger partial charge on any atom is 0.0521 e. The van der Waals surface area contributed by atoms with Crippen LogP contribution in [0.15, 0.2) is 30.3 Å². The second kappa shape index (κ2) is 7.75. The molecule has 0 aliphatic rings. The minimum atomic E-state index is 0.265. The highest BCUT2D eigenvalue weighted by Crippen LogP contribution is 2.27. The molecule has 1 nitrogen and oxygen atoms in total. The molecule has 0 aliphatic carbocycles. The van der Waals surface area contributed by atoms with Crippen LogP contribution >= 0.6 is 11.8 Å². The average molecular weight is 237 g/mol. The third-order valence-electron chi connectivity index (χ3n) is 2.75. The molecular weight excluding hydrogens is 216 g/mol. The number of hydrogen-bond acceptors (Lipinski definition) is 2. The molecule has 0 saturated carbocycles. The molecule has 1 aromatic carbocycles. The summed E-state index contributed by atoms with van der Waals surface area (Å²) in [6.07, 6.45) is 2.07. The number of benzene rings is 1. The van der Waals surface area contributed by atoms with Crippen molar-refractivity contribution in [2.45, 2.75) is 30.9 Å². The number of rotatable bonds is 7.